The molecule has 0 saturated heterocycles. The van der Waals surface area contributed by atoms with E-state index in [4.69, 9.17) is 23.7 Å². The SMILES string of the molecule is CCOc1ccc(NC(=O)COC(=O)COc2ccc(OC)cc2)cc1OCC. The van der Waals surface area contributed by atoms with Crippen molar-refractivity contribution in [3.05, 3.63) is 42.5 Å². The summed E-state index contributed by atoms with van der Waals surface area (Å²) in [5, 5.41) is 2.65. The molecule has 0 fully saturated rings. The Morgan fingerprint density at radius 1 is 0.828 bits per heavy atom. The zero-order valence-electron chi connectivity index (χ0n) is 16.7. The highest BCUT2D eigenvalue weighted by Crippen LogP contribution is 2.30. The van der Waals surface area contributed by atoms with E-state index in [0.29, 0.717) is 41.9 Å². The molecule has 8 heteroatoms. The van der Waals surface area contributed by atoms with E-state index in [2.05, 4.69) is 5.32 Å². The fourth-order valence-corrected chi connectivity index (χ4v) is 2.33. The third kappa shape index (κ3) is 7.25. The number of rotatable bonds is 11. The Hall–Kier alpha value is -3.42. The summed E-state index contributed by atoms with van der Waals surface area (Å²) in [6.45, 7) is 3.95. The molecule has 0 heterocycles. The summed E-state index contributed by atoms with van der Waals surface area (Å²) in [5.74, 6) is 1.15. The summed E-state index contributed by atoms with van der Waals surface area (Å²) in [6.07, 6.45) is 0. The summed E-state index contributed by atoms with van der Waals surface area (Å²) in [7, 11) is 1.56. The summed E-state index contributed by atoms with van der Waals surface area (Å²) >= 11 is 0. The molecule has 0 spiro atoms. The van der Waals surface area contributed by atoms with Crippen LogP contribution in [0.3, 0.4) is 0 Å². The Morgan fingerprint density at radius 2 is 1.48 bits per heavy atom. The first-order chi connectivity index (χ1) is 14.0. The van der Waals surface area contributed by atoms with E-state index in [-0.39, 0.29) is 6.61 Å². The second kappa shape index (κ2) is 11.4. The number of ether oxygens (including phenoxy) is 5. The smallest absolute Gasteiger partial charge is 0.344 e. The highest BCUT2D eigenvalue weighted by atomic mass is 16.6. The molecule has 2 aromatic rings. The van der Waals surface area contributed by atoms with Crippen molar-refractivity contribution in [3.8, 4) is 23.0 Å². The number of hydrogen-bond donors (Lipinski definition) is 1. The van der Waals surface area contributed by atoms with E-state index < -0.39 is 18.5 Å². The normalized spacial score (nSPS) is 10.0. The van der Waals surface area contributed by atoms with Gasteiger partial charge in [-0.05, 0) is 50.2 Å². The molecule has 0 aromatic heterocycles. The predicted molar refractivity (Wildman–Crippen MR) is 107 cm³/mol. The standard InChI is InChI=1S/C21H25NO7/c1-4-26-18-11-6-15(12-19(18)27-5-2)22-20(23)13-29-21(24)14-28-17-9-7-16(25-3)8-10-17/h6-12H,4-5,13-14H2,1-3H3,(H,22,23). The van der Waals surface area contributed by atoms with Crippen molar-refractivity contribution in [2.45, 2.75) is 13.8 Å². The average molecular weight is 403 g/mol. The van der Waals surface area contributed by atoms with Crippen molar-refractivity contribution in [3.63, 3.8) is 0 Å². The molecule has 0 radical (unpaired) electrons. The first-order valence-corrected chi connectivity index (χ1v) is 9.17. The molecule has 0 bridgehead atoms. The van der Waals surface area contributed by atoms with Gasteiger partial charge >= 0.3 is 5.97 Å². The highest BCUT2D eigenvalue weighted by Gasteiger charge is 2.11. The maximum Gasteiger partial charge on any atom is 0.344 e. The maximum atomic E-state index is 12.0. The number of carbonyl (C=O) groups is 2. The van der Waals surface area contributed by atoms with E-state index in [9.17, 15) is 9.59 Å². The van der Waals surface area contributed by atoms with Crippen molar-refractivity contribution in [1.82, 2.24) is 0 Å². The van der Waals surface area contributed by atoms with Gasteiger partial charge in [-0.2, -0.15) is 0 Å². The topological polar surface area (TPSA) is 92.3 Å². The Kier molecular flexibility index (Phi) is 8.62. The monoisotopic (exact) mass is 403 g/mol. The fraction of sp³-hybridized carbons (Fsp3) is 0.333. The lowest BCUT2D eigenvalue weighted by Crippen LogP contribution is -2.23. The lowest BCUT2D eigenvalue weighted by atomic mass is 10.2. The number of nitrogens with one attached hydrogen (secondary N) is 1. The molecule has 8 nitrogen and oxygen atoms in total. The number of carbonyl (C=O) groups excluding carboxylic acids is 2. The van der Waals surface area contributed by atoms with Crippen molar-refractivity contribution in [2.75, 3.05) is 38.9 Å². The van der Waals surface area contributed by atoms with Crippen LogP contribution in [0, 0.1) is 0 Å². The number of anilines is 1. The molecule has 0 saturated carbocycles. The Balaban J connectivity index is 1.79. The van der Waals surface area contributed by atoms with E-state index in [1.807, 2.05) is 13.8 Å². The second-order valence-corrected chi connectivity index (χ2v) is 5.70. The molecule has 2 aromatic carbocycles. The van der Waals surface area contributed by atoms with Crippen LogP contribution < -0.4 is 24.3 Å². The first-order valence-electron chi connectivity index (χ1n) is 9.17. The van der Waals surface area contributed by atoms with E-state index in [0.717, 1.165) is 0 Å². The van der Waals surface area contributed by atoms with Gasteiger partial charge in [-0.15, -0.1) is 0 Å². The summed E-state index contributed by atoms with van der Waals surface area (Å²) in [4.78, 5) is 23.8. The van der Waals surface area contributed by atoms with Gasteiger partial charge in [0.1, 0.15) is 11.5 Å². The van der Waals surface area contributed by atoms with Crippen LogP contribution in [0.2, 0.25) is 0 Å². The largest absolute Gasteiger partial charge is 0.497 e. The van der Waals surface area contributed by atoms with E-state index >= 15 is 0 Å². The van der Waals surface area contributed by atoms with Crippen molar-refractivity contribution in [1.29, 1.82) is 0 Å². The number of esters is 1. The van der Waals surface area contributed by atoms with Crippen LogP contribution in [0.5, 0.6) is 23.0 Å². The molecular weight excluding hydrogens is 378 g/mol. The van der Waals surface area contributed by atoms with Gasteiger partial charge < -0.3 is 29.0 Å². The molecule has 1 N–H and O–H groups in total. The van der Waals surface area contributed by atoms with Crippen LogP contribution >= 0.6 is 0 Å². The van der Waals surface area contributed by atoms with Gasteiger partial charge in [-0.25, -0.2) is 4.79 Å². The van der Waals surface area contributed by atoms with Crippen LogP contribution in [0.15, 0.2) is 42.5 Å². The van der Waals surface area contributed by atoms with Crippen LogP contribution in [0.1, 0.15) is 13.8 Å². The Morgan fingerprint density at radius 3 is 2.14 bits per heavy atom. The van der Waals surface area contributed by atoms with Crippen molar-refractivity contribution in [2.24, 2.45) is 0 Å². The Bertz CT molecular complexity index is 805. The zero-order chi connectivity index (χ0) is 21.1. The first kappa shape index (κ1) is 21.9. The number of benzene rings is 2. The molecule has 0 aliphatic rings. The molecule has 0 unspecified atom stereocenters. The maximum absolute atomic E-state index is 12.0. The lowest BCUT2D eigenvalue weighted by Gasteiger charge is -2.13. The molecule has 2 rings (SSSR count). The minimum absolute atomic E-state index is 0.308. The number of amides is 1. The van der Waals surface area contributed by atoms with Crippen LogP contribution in [0.4, 0.5) is 5.69 Å². The predicted octanol–water partition coefficient (Wildman–Crippen LogP) is 3.05. The Labute approximate surface area is 169 Å². The zero-order valence-corrected chi connectivity index (χ0v) is 16.7. The van der Waals surface area contributed by atoms with Gasteiger partial charge in [0, 0.05) is 11.8 Å². The molecule has 156 valence electrons. The summed E-state index contributed by atoms with van der Waals surface area (Å²) in [5.41, 5.74) is 0.507. The third-order valence-electron chi connectivity index (χ3n) is 3.61. The number of methoxy groups -OCH3 is 1. The average Bonchev–Trinajstić information content (AvgIpc) is 2.73. The minimum Gasteiger partial charge on any atom is -0.497 e. The van der Waals surface area contributed by atoms with E-state index in [1.54, 1.807) is 49.6 Å². The van der Waals surface area contributed by atoms with Gasteiger partial charge in [-0.1, -0.05) is 0 Å². The third-order valence-corrected chi connectivity index (χ3v) is 3.61. The fourth-order valence-electron chi connectivity index (χ4n) is 2.33. The molecular formula is C21H25NO7. The van der Waals surface area contributed by atoms with Gasteiger partial charge in [0.15, 0.2) is 24.7 Å². The van der Waals surface area contributed by atoms with Crippen molar-refractivity contribution < 1.29 is 33.3 Å². The van der Waals surface area contributed by atoms with Crippen LogP contribution in [0.25, 0.3) is 0 Å². The van der Waals surface area contributed by atoms with Gasteiger partial charge in [-0.3, -0.25) is 4.79 Å². The van der Waals surface area contributed by atoms with Crippen LogP contribution in [-0.2, 0) is 14.3 Å². The molecule has 0 aliphatic heterocycles. The van der Waals surface area contributed by atoms with Gasteiger partial charge in [0.2, 0.25) is 0 Å². The highest BCUT2D eigenvalue weighted by molar-refractivity contribution is 5.93. The molecule has 29 heavy (non-hydrogen) atoms. The summed E-state index contributed by atoms with van der Waals surface area (Å²) < 4.78 is 26.3. The molecule has 1 amide bonds. The van der Waals surface area contributed by atoms with E-state index in [1.165, 1.54) is 0 Å². The van der Waals surface area contributed by atoms with Gasteiger partial charge in [0.05, 0.1) is 20.3 Å². The number of hydrogen-bond acceptors (Lipinski definition) is 7. The molecule has 0 aliphatic carbocycles. The molecule has 0 atom stereocenters. The van der Waals surface area contributed by atoms with Crippen LogP contribution in [-0.4, -0.2) is 45.4 Å². The second-order valence-electron chi connectivity index (χ2n) is 5.70. The minimum atomic E-state index is -0.655. The van der Waals surface area contributed by atoms with Gasteiger partial charge in [0.25, 0.3) is 5.91 Å². The van der Waals surface area contributed by atoms with Crippen molar-refractivity contribution >= 4 is 17.6 Å². The lowest BCUT2D eigenvalue weighted by molar-refractivity contribution is -0.149. The summed E-state index contributed by atoms with van der Waals surface area (Å²) in [6, 6.07) is 11.8. The quantitative estimate of drug-likeness (QED) is 0.577.